The van der Waals surface area contributed by atoms with E-state index in [2.05, 4.69) is 25.1 Å². The number of aromatic hydroxyl groups is 1. The summed E-state index contributed by atoms with van der Waals surface area (Å²) in [5.74, 6) is 1.04. The molecule has 1 heteroatoms. The molecule has 0 atom stereocenters. The van der Waals surface area contributed by atoms with Crippen molar-refractivity contribution in [2.75, 3.05) is 0 Å². The third-order valence-corrected chi connectivity index (χ3v) is 4.88. The Morgan fingerprint density at radius 1 is 0.955 bits per heavy atom. The molecular weight excluding hydrogens is 268 g/mol. The molecular formula is C21H26O. The Balaban J connectivity index is 2.01. The molecule has 116 valence electrons. The van der Waals surface area contributed by atoms with E-state index in [1.165, 1.54) is 60.8 Å². The van der Waals surface area contributed by atoms with Crippen molar-refractivity contribution in [2.24, 2.45) is 0 Å². The minimum atomic E-state index is 0.338. The summed E-state index contributed by atoms with van der Waals surface area (Å²) >= 11 is 0. The van der Waals surface area contributed by atoms with Gasteiger partial charge in [0.1, 0.15) is 5.75 Å². The van der Waals surface area contributed by atoms with Crippen LogP contribution in [0.1, 0.15) is 62.5 Å². The topological polar surface area (TPSA) is 20.2 Å². The first-order chi connectivity index (χ1) is 10.8. The zero-order chi connectivity index (χ0) is 15.4. The Morgan fingerprint density at radius 2 is 1.68 bits per heavy atom. The molecule has 0 saturated heterocycles. The van der Waals surface area contributed by atoms with Gasteiger partial charge in [0.25, 0.3) is 0 Å². The molecule has 1 fully saturated rings. The standard InChI is InChI=1S/C21H26O/c1-2-6-16-9-14-20(18-10-12-19(22)13-11-18)21(15-16)17-7-4-3-5-8-17/h9-15,17,22H,2-8H2,1H3. The van der Waals surface area contributed by atoms with E-state index in [9.17, 15) is 5.11 Å². The van der Waals surface area contributed by atoms with Crippen LogP contribution in [0.2, 0.25) is 0 Å². The summed E-state index contributed by atoms with van der Waals surface area (Å²) in [4.78, 5) is 0. The minimum Gasteiger partial charge on any atom is -0.508 e. The van der Waals surface area contributed by atoms with Crippen LogP contribution >= 0.6 is 0 Å². The smallest absolute Gasteiger partial charge is 0.115 e. The van der Waals surface area contributed by atoms with Crippen LogP contribution in [0.25, 0.3) is 11.1 Å². The van der Waals surface area contributed by atoms with Crippen LogP contribution in [-0.4, -0.2) is 5.11 Å². The maximum Gasteiger partial charge on any atom is 0.115 e. The summed E-state index contributed by atoms with van der Waals surface area (Å²) in [7, 11) is 0. The molecule has 0 unspecified atom stereocenters. The van der Waals surface area contributed by atoms with Gasteiger partial charge >= 0.3 is 0 Å². The predicted octanol–water partition coefficient (Wildman–Crippen LogP) is 6.06. The lowest BCUT2D eigenvalue weighted by Gasteiger charge is -2.25. The quantitative estimate of drug-likeness (QED) is 0.726. The normalized spacial score (nSPS) is 15.9. The zero-order valence-electron chi connectivity index (χ0n) is 13.5. The average molecular weight is 294 g/mol. The van der Waals surface area contributed by atoms with E-state index in [0.29, 0.717) is 11.7 Å². The molecule has 3 rings (SSSR count). The lowest BCUT2D eigenvalue weighted by Crippen LogP contribution is -2.06. The fourth-order valence-corrected chi connectivity index (χ4v) is 3.71. The van der Waals surface area contributed by atoms with E-state index < -0.39 is 0 Å². The summed E-state index contributed by atoms with van der Waals surface area (Å²) in [5, 5.41) is 9.54. The van der Waals surface area contributed by atoms with Crippen LogP contribution in [0.4, 0.5) is 0 Å². The molecule has 1 N–H and O–H groups in total. The number of aryl methyl sites for hydroxylation is 1. The van der Waals surface area contributed by atoms with Crippen LogP contribution in [-0.2, 0) is 6.42 Å². The van der Waals surface area contributed by atoms with Crippen LogP contribution in [0.5, 0.6) is 5.75 Å². The van der Waals surface area contributed by atoms with E-state index >= 15 is 0 Å². The maximum absolute atomic E-state index is 9.54. The molecule has 0 heterocycles. The number of rotatable bonds is 4. The first kappa shape index (κ1) is 15.1. The van der Waals surface area contributed by atoms with Gasteiger partial charge in [0.15, 0.2) is 0 Å². The molecule has 0 aliphatic heterocycles. The van der Waals surface area contributed by atoms with E-state index in [1.54, 1.807) is 12.1 Å². The molecule has 1 aliphatic rings. The van der Waals surface area contributed by atoms with Crippen molar-refractivity contribution in [3.05, 3.63) is 53.6 Å². The van der Waals surface area contributed by atoms with Crippen LogP contribution in [0, 0.1) is 0 Å². The van der Waals surface area contributed by atoms with Crippen molar-refractivity contribution in [2.45, 2.75) is 57.8 Å². The van der Waals surface area contributed by atoms with Gasteiger partial charge in [-0.2, -0.15) is 0 Å². The second kappa shape index (κ2) is 7.00. The Hall–Kier alpha value is -1.76. The second-order valence-electron chi connectivity index (χ2n) is 6.55. The minimum absolute atomic E-state index is 0.338. The van der Waals surface area contributed by atoms with Crippen molar-refractivity contribution in [3.63, 3.8) is 0 Å². The van der Waals surface area contributed by atoms with Crippen molar-refractivity contribution < 1.29 is 5.11 Å². The highest BCUT2D eigenvalue weighted by molar-refractivity contribution is 5.69. The highest BCUT2D eigenvalue weighted by Crippen LogP contribution is 2.39. The molecule has 1 nitrogen and oxygen atoms in total. The number of hydrogen-bond donors (Lipinski definition) is 1. The van der Waals surface area contributed by atoms with E-state index in [-0.39, 0.29) is 0 Å². The van der Waals surface area contributed by atoms with Gasteiger partial charge in [-0.1, -0.05) is 62.9 Å². The molecule has 0 amide bonds. The van der Waals surface area contributed by atoms with Gasteiger partial charge in [-0.15, -0.1) is 0 Å². The highest BCUT2D eigenvalue weighted by atomic mass is 16.3. The Morgan fingerprint density at radius 3 is 2.36 bits per heavy atom. The van der Waals surface area contributed by atoms with Crippen LogP contribution in [0.3, 0.4) is 0 Å². The van der Waals surface area contributed by atoms with Crippen LogP contribution < -0.4 is 0 Å². The summed E-state index contributed by atoms with van der Waals surface area (Å²) in [6.07, 6.45) is 9.11. The third-order valence-electron chi connectivity index (χ3n) is 4.88. The van der Waals surface area contributed by atoms with Gasteiger partial charge in [-0.05, 0) is 59.6 Å². The number of phenolic OH excluding ortho intramolecular Hbond substituents is 1. The summed E-state index contributed by atoms with van der Waals surface area (Å²) < 4.78 is 0. The summed E-state index contributed by atoms with van der Waals surface area (Å²) in [6, 6.07) is 14.7. The molecule has 0 aromatic heterocycles. The summed E-state index contributed by atoms with van der Waals surface area (Å²) in [6.45, 7) is 2.24. The molecule has 22 heavy (non-hydrogen) atoms. The molecule has 0 spiro atoms. The number of phenols is 1. The van der Waals surface area contributed by atoms with Crippen LogP contribution in [0.15, 0.2) is 42.5 Å². The van der Waals surface area contributed by atoms with Gasteiger partial charge in [0.05, 0.1) is 0 Å². The third kappa shape index (κ3) is 3.35. The Bertz CT molecular complexity index is 606. The molecule has 2 aromatic rings. The number of benzene rings is 2. The monoisotopic (exact) mass is 294 g/mol. The first-order valence-corrected chi connectivity index (χ1v) is 8.70. The lowest BCUT2D eigenvalue weighted by molar-refractivity contribution is 0.444. The predicted molar refractivity (Wildman–Crippen MR) is 93.4 cm³/mol. The molecule has 0 radical (unpaired) electrons. The molecule has 0 bridgehead atoms. The van der Waals surface area contributed by atoms with Crippen molar-refractivity contribution in [3.8, 4) is 16.9 Å². The lowest BCUT2D eigenvalue weighted by atomic mass is 9.80. The van der Waals surface area contributed by atoms with E-state index in [0.717, 1.165) is 6.42 Å². The fraction of sp³-hybridized carbons (Fsp3) is 0.429. The maximum atomic E-state index is 9.54. The summed E-state index contributed by atoms with van der Waals surface area (Å²) in [5.41, 5.74) is 5.56. The van der Waals surface area contributed by atoms with Gasteiger partial charge in [0.2, 0.25) is 0 Å². The van der Waals surface area contributed by atoms with Gasteiger partial charge in [-0.25, -0.2) is 0 Å². The van der Waals surface area contributed by atoms with Gasteiger partial charge in [0, 0.05) is 0 Å². The molecule has 1 saturated carbocycles. The van der Waals surface area contributed by atoms with Crippen molar-refractivity contribution in [1.82, 2.24) is 0 Å². The largest absolute Gasteiger partial charge is 0.508 e. The van der Waals surface area contributed by atoms with Crippen molar-refractivity contribution >= 4 is 0 Å². The molecule has 2 aromatic carbocycles. The van der Waals surface area contributed by atoms with Crippen molar-refractivity contribution in [1.29, 1.82) is 0 Å². The van der Waals surface area contributed by atoms with Gasteiger partial charge in [-0.3, -0.25) is 0 Å². The fourth-order valence-electron chi connectivity index (χ4n) is 3.71. The Labute approximate surface area is 134 Å². The number of hydrogen-bond acceptors (Lipinski definition) is 1. The second-order valence-corrected chi connectivity index (χ2v) is 6.55. The SMILES string of the molecule is CCCc1ccc(-c2ccc(O)cc2)c(C2CCCCC2)c1. The zero-order valence-corrected chi connectivity index (χ0v) is 13.5. The van der Waals surface area contributed by atoms with Gasteiger partial charge < -0.3 is 5.11 Å². The first-order valence-electron chi connectivity index (χ1n) is 8.70. The average Bonchev–Trinajstić information content (AvgIpc) is 2.57. The Kier molecular flexibility index (Phi) is 4.82. The molecule has 1 aliphatic carbocycles. The highest BCUT2D eigenvalue weighted by Gasteiger charge is 2.19. The van der Waals surface area contributed by atoms with E-state index in [1.807, 2.05) is 12.1 Å². The van der Waals surface area contributed by atoms with E-state index in [4.69, 9.17) is 0 Å².